The van der Waals surface area contributed by atoms with Gasteiger partial charge in [0.2, 0.25) is 5.91 Å². The lowest BCUT2D eigenvalue weighted by atomic mass is 9.99. The maximum absolute atomic E-state index is 12.5. The first-order chi connectivity index (χ1) is 21.3. The van der Waals surface area contributed by atoms with Crippen LogP contribution in [0.4, 0.5) is 0 Å². The van der Waals surface area contributed by atoms with Gasteiger partial charge in [0.15, 0.2) is 6.29 Å². The highest BCUT2D eigenvalue weighted by molar-refractivity contribution is 5.76. The third kappa shape index (κ3) is 18.4. The molecule has 0 saturated carbocycles. The Morgan fingerprint density at radius 2 is 1.30 bits per heavy atom. The van der Waals surface area contributed by atoms with Gasteiger partial charge >= 0.3 is 0 Å². The van der Waals surface area contributed by atoms with Crippen LogP contribution < -0.4 is 5.32 Å². The third-order valence-corrected chi connectivity index (χ3v) is 7.95. The fourth-order valence-corrected chi connectivity index (χ4v) is 5.07. The Hall–Kier alpha value is -1.59. The number of carbonyl (C=O) groups is 1. The molecule has 0 bridgehead atoms. The number of allylic oxidation sites excluding steroid dienone is 5. The number of hydrogen-bond acceptors (Lipinski definition) is 8. The van der Waals surface area contributed by atoms with Gasteiger partial charge in [-0.1, -0.05) is 108 Å². The molecule has 7 atom stereocenters. The smallest absolute Gasteiger partial charge is 0.220 e. The molecule has 9 nitrogen and oxygen atoms in total. The summed E-state index contributed by atoms with van der Waals surface area (Å²) in [6.45, 7) is 3.53. The summed E-state index contributed by atoms with van der Waals surface area (Å²) in [5.41, 5.74) is 0. The molecule has 9 heteroatoms. The molecule has 1 aliphatic heterocycles. The van der Waals surface area contributed by atoms with Gasteiger partial charge in [0.1, 0.15) is 24.4 Å². The topological polar surface area (TPSA) is 149 Å². The Labute approximate surface area is 266 Å². The highest BCUT2D eigenvalue weighted by Gasteiger charge is 2.44. The number of aliphatic hydroxyl groups is 5. The first kappa shape index (κ1) is 40.4. The van der Waals surface area contributed by atoms with E-state index in [-0.39, 0.29) is 12.5 Å². The summed E-state index contributed by atoms with van der Waals surface area (Å²) in [6.07, 6.45) is 22.8. The van der Waals surface area contributed by atoms with E-state index in [0.29, 0.717) is 6.42 Å². The maximum Gasteiger partial charge on any atom is 0.220 e. The van der Waals surface area contributed by atoms with E-state index in [1.165, 1.54) is 57.8 Å². The second-order valence-corrected chi connectivity index (χ2v) is 11.9. The lowest BCUT2D eigenvalue weighted by molar-refractivity contribution is -0.302. The molecule has 1 saturated heterocycles. The largest absolute Gasteiger partial charge is 0.394 e. The van der Waals surface area contributed by atoms with Crippen LogP contribution >= 0.6 is 0 Å². The Morgan fingerprint density at radius 3 is 1.91 bits per heavy atom. The number of ether oxygens (including phenoxy) is 2. The first-order valence-corrected chi connectivity index (χ1v) is 17.2. The molecule has 1 aliphatic rings. The quantitative estimate of drug-likeness (QED) is 0.0582. The lowest BCUT2D eigenvalue weighted by Crippen LogP contribution is -2.60. The molecule has 0 aromatic carbocycles. The molecular weight excluding hydrogens is 562 g/mol. The number of rotatable bonds is 26. The molecule has 1 amide bonds. The van der Waals surface area contributed by atoms with Gasteiger partial charge in [-0.05, 0) is 44.9 Å². The summed E-state index contributed by atoms with van der Waals surface area (Å²) in [7, 11) is 0. The zero-order valence-electron chi connectivity index (χ0n) is 27.4. The molecule has 0 aliphatic carbocycles. The summed E-state index contributed by atoms with van der Waals surface area (Å²) < 4.78 is 11.0. The number of amides is 1. The highest BCUT2D eigenvalue weighted by atomic mass is 16.7. The van der Waals surface area contributed by atoms with Gasteiger partial charge in [0, 0.05) is 6.42 Å². The summed E-state index contributed by atoms with van der Waals surface area (Å²) >= 11 is 0. The molecule has 1 fully saturated rings. The molecule has 6 N–H and O–H groups in total. The molecule has 256 valence electrons. The van der Waals surface area contributed by atoms with E-state index in [0.717, 1.165) is 44.9 Å². The number of hydrogen-bond donors (Lipinski definition) is 6. The average molecular weight is 626 g/mol. The Morgan fingerprint density at radius 1 is 0.750 bits per heavy atom. The van der Waals surface area contributed by atoms with Gasteiger partial charge in [0.05, 0.1) is 25.4 Å². The van der Waals surface area contributed by atoms with Crippen LogP contribution in [0.25, 0.3) is 0 Å². The first-order valence-electron chi connectivity index (χ1n) is 17.2. The summed E-state index contributed by atoms with van der Waals surface area (Å²) in [5.74, 6) is -0.219. The standard InChI is InChI=1S/C35H63NO8/c1-3-5-7-8-9-10-11-12-13-14-15-16-17-18-19-20-21-23-24-29(38)28(36-31(39)25-22-6-4-2)27-43-35-34(42)33(41)32(40)30(26-37)44-35/h14-15,18-19,23-24,28-30,32-35,37-38,40-42H,3-13,16-17,20-22,25-27H2,1-2H3,(H,36,39)/b15-14+,19-18+,24-23+. The van der Waals surface area contributed by atoms with Crippen molar-refractivity contribution in [2.24, 2.45) is 0 Å². The van der Waals surface area contributed by atoms with Crippen molar-refractivity contribution in [3.8, 4) is 0 Å². The minimum atomic E-state index is -1.57. The summed E-state index contributed by atoms with van der Waals surface area (Å²) in [6, 6.07) is -0.819. The van der Waals surface area contributed by atoms with E-state index in [4.69, 9.17) is 9.47 Å². The van der Waals surface area contributed by atoms with E-state index in [1.54, 1.807) is 6.08 Å². The number of unbranched alkanes of at least 4 members (excludes halogenated alkanes) is 12. The van der Waals surface area contributed by atoms with Crippen LogP contribution in [0.2, 0.25) is 0 Å². The summed E-state index contributed by atoms with van der Waals surface area (Å²) in [4.78, 5) is 12.5. The minimum Gasteiger partial charge on any atom is -0.394 e. The molecule has 0 spiro atoms. The van der Waals surface area contributed by atoms with Crippen molar-refractivity contribution in [1.82, 2.24) is 5.32 Å². The average Bonchev–Trinajstić information content (AvgIpc) is 3.02. The second-order valence-electron chi connectivity index (χ2n) is 11.9. The molecule has 44 heavy (non-hydrogen) atoms. The fourth-order valence-electron chi connectivity index (χ4n) is 5.07. The van der Waals surface area contributed by atoms with Gasteiger partial charge in [-0.15, -0.1) is 0 Å². The van der Waals surface area contributed by atoms with Crippen LogP contribution in [0.3, 0.4) is 0 Å². The van der Waals surface area contributed by atoms with Crippen LogP contribution in [-0.4, -0.2) is 87.5 Å². The Kier molecular flexibility index (Phi) is 24.5. The minimum absolute atomic E-state index is 0.208. The van der Waals surface area contributed by atoms with Crippen molar-refractivity contribution in [1.29, 1.82) is 0 Å². The fraction of sp³-hybridized carbons (Fsp3) is 0.800. The van der Waals surface area contributed by atoms with Crippen LogP contribution in [0.15, 0.2) is 36.5 Å². The van der Waals surface area contributed by atoms with E-state index in [9.17, 15) is 30.3 Å². The zero-order valence-corrected chi connectivity index (χ0v) is 27.4. The van der Waals surface area contributed by atoms with E-state index in [1.807, 2.05) is 6.08 Å². The van der Waals surface area contributed by atoms with E-state index in [2.05, 4.69) is 43.5 Å². The molecule has 1 rings (SSSR count). The second kappa shape index (κ2) is 26.6. The van der Waals surface area contributed by atoms with Crippen LogP contribution in [-0.2, 0) is 14.3 Å². The van der Waals surface area contributed by atoms with Crippen molar-refractivity contribution < 1.29 is 39.8 Å². The van der Waals surface area contributed by atoms with Gasteiger partial charge in [-0.25, -0.2) is 0 Å². The van der Waals surface area contributed by atoms with Crippen LogP contribution in [0.5, 0.6) is 0 Å². The number of aliphatic hydroxyl groups excluding tert-OH is 5. The lowest BCUT2D eigenvalue weighted by Gasteiger charge is -2.40. The third-order valence-electron chi connectivity index (χ3n) is 7.95. The van der Waals surface area contributed by atoms with Gasteiger partial charge < -0.3 is 40.3 Å². The predicted molar refractivity (Wildman–Crippen MR) is 175 cm³/mol. The Bertz CT molecular complexity index is 787. The van der Waals surface area contributed by atoms with E-state index >= 15 is 0 Å². The van der Waals surface area contributed by atoms with Crippen molar-refractivity contribution in [3.05, 3.63) is 36.5 Å². The molecule has 7 unspecified atom stereocenters. The van der Waals surface area contributed by atoms with Crippen LogP contribution in [0, 0.1) is 0 Å². The summed E-state index contributed by atoms with van der Waals surface area (Å²) in [5, 5.41) is 53.3. The highest BCUT2D eigenvalue weighted by Crippen LogP contribution is 2.22. The monoisotopic (exact) mass is 625 g/mol. The predicted octanol–water partition coefficient (Wildman–Crippen LogP) is 4.99. The van der Waals surface area contributed by atoms with E-state index < -0.39 is 49.5 Å². The van der Waals surface area contributed by atoms with Crippen molar-refractivity contribution in [3.63, 3.8) is 0 Å². The molecular formula is C35H63NO8. The van der Waals surface area contributed by atoms with Crippen molar-refractivity contribution in [2.45, 2.75) is 166 Å². The molecule has 1 heterocycles. The zero-order chi connectivity index (χ0) is 32.4. The van der Waals surface area contributed by atoms with Crippen molar-refractivity contribution >= 4 is 5.91 Å². The Balaban J connectivity index is 2.40. The molecule has 0 aromatic rings. The van der Waals surface area contributed by atoms with Crippen LogP contribution in [0.1, 0.15) is 123 Å². The van der Waals surface area contributed by atoms with Gasteiger partial charge in [-0.2, -0.15) is 0 Å². The maximum atomic E-state index is 12.5. The van der Waals surface area contributed by atoms with Gasteiger partial charge in [-0.3, -0.25) is 4.79 Å². The molecule has 0 aromatic heterocycles. The SMILES string of the molecule is CCCCCCCCCC/C=C/CC/C=C/CC/C=C/C(O)C(COC1OC(CO)C(O)C(O)C1O)NC(=O)CCCCC. The molecule has 0 radical (unpaired) electrons. The number of carbonyl (C=O) groups excluding carboxylic acids is 1. The van der Waals surface area contributed by atoms with Crippen molar-refractivity contribution in [2.75, 3.05) is 13.2 Å². The number of nitrogens with one attached hydrogen (secondary N) is 1. The normalized spacial score (nSPS) is 24.0. The van der Waals surface area contributed by atoms with Gasteiger partial charge in [0.25, 0.3) is 0 Å².